The summed E-state index contributed by atoms with van der Waals surface area (Å²) in [7, 11) is 1.60. The van der Waals surface area contributed by atoms with E-state index >= 15 is 0 Å². The van der Waals surface area contributed by atoms with Crippen LogP contribution in [-0.4, -0.2) is 25.5 Å². The van der Waals surface area contributed by atoms with E-state index in [9.17, 15) is 9.59 Å². The van der Waals surface area contributed by atoms with Crippen LogP contribution in [0, 0.1) is 0 Å². The summed E-state index contributed by atoms with van der Waals surface area (Å²) in [6, 6.07) is 14.1. The Balaban J connectivity index is 1.94. The van der Waals surface area contributed by atoms with Gasteiger partial charge in [-0.1, -0.05) is 18.7 Å². The molecule has 25 heavy (non-hydrogen) atoms. The van der Waals surface area contributed by atoms with Gasteiger partial charge in [-0.3, -0.25) is 9.59 Å². The number of benzene rings is 2. The van der Waals surface area contributed by atoms with Gasteiger partial charge >= 0.3 is 0 Å². The predicted molar refractivity (Wildman–Crippen MR) is 98.9 cm³/mol. The molecule has 0 aromatic heterocycles. The molecular formula is C20H22N2O3. The largest absolute Gasteiger partial charge is 0.489 e. The maximum Gasteiger partial charge on any atom is 0.255 e. The molecule has 130 valence electrons. The first-order chi connectivity index (χ1) is 12.0. The van der Waals surface area contributed by atoms with E-state index in [1.807, 2.05) is 19.1 Å². The van der Waals surface area contributed by atoms with Crippen LogP contribution in [0.3, 0.4) is 0 Å². The average Bonchev–Trinajstić information content (AvgIpc) is 2.61. The van der Waals surface area contributed by atoms with Gasteiger partial charge in [0.2, 0.25) is 5.91 Å². The summed E-state index contributed by atoms with van der Waals surface area (Å²) in [4.78, 5) is 23.6. The highest BCUT2D eigenvalue weighted by atomic mass is 16.5. The molecule has 2 rings (SSSR count). The van der Waals surface area contributed by atoms with E-state index in [0.29, 0.717) is 30.0 Å². The number of nitrogens with one attached hydrogen (secondary N) is 2. The van der Waals surface area contributed by atoms with Crippen molar-refractivity contribution in [3.63, 3.8) is 0 Å². The second-order valence-electron chi connectivity index (χ2n) is 5.77. The topological polar surface area (TPSA) is 67.4 Å². The second-order valence-corrected chi connectivity index (χ2v) is 5.77. The third-order valence-electron chi connectivity index (χ3n) is 3.46. The van der Waals surface area contributed by atoms with Gasteiger partial charge < -0.3 is 15.4 Å². The van der Waals surface area contributed by atoms with Crippen LogP contribution in [0.25, 0.3) is 0 Å². The van der Waals surface area contributed by atoms with Gasteiger partial charge in [-0.25, -0.2) is 0 Å². The standard InChI is InChI=1S/C20H22N2O3/c1-14(2)13-25-18-10-6-16(7-11-18)20(24)22-17-8-4-15(5-9-17)12-19(23)21-3/h4-11H,1,12-13H2,2-3H3,(H,21,23)(H,22,24). The zero-order valence-electron chi connectivity index (χ0n) is 14.5. The van der Waals surface area contributed by atoms with Crippen molar-refractivity contribution in [2.75, 3.05) is 19.0 Å². The summed E-state index contributed by atoms with van der Waals surface area (Å²) >= 11 is 0. The molecule has 0 unspecified atom stereocenters. The molecule has 0 radical (unpaired) electrons. The number of hydrogen-bond acceptors (Lipinski definition) is 3. The van der Waals surface area contributed by atoms with Crippen molar-refractivity contribution in [1.29, 1.82) is 0 Å². The van der Waals surface area contributed by atoms with Crippen LogP contribution >= 0.6 is 0 Å². The Morgan fingerprint density at radius 3 is 2.24 bits per heavy atom. The van der Waals surface area contributed by atoms with E-state index in [0.717, 1.165) is 11.1 Å². The number of ether oxygens (including phenoxy) is 1. The lowest BCUT2D eigenvalue weighted by Gasteiger charge is -2.08. The Bertz CT molecular complexity index is 750. The lowest BCUT2D eigenvalue weighted by molar-refractivity contribution is -0.119. The molecule has 2 amide bonds. The lowest BCUT2D eigenvalue weighted by atomic mass is 10.1. The summed E-state index contributed by atoms with van der Waals surface area (Å²) in [5.41, 5.74) is 3.03. The molecule has 0 saturated carbocycles. The zero-order valence-corrected chi connectivity index (χ0v) is 14.5. The smallest absolute Gasteiger partial charge is 0.255 e. The number of likely N-dealkylation sites (N-methyl/N-ethyl adjacent to an activating group) is 1. The van der Waals surface area contributed by atoms with E-state index in [-0.39, 0.29) is 11.8 Å². The SMILES string of the molecule is C=C(C)COc1ccc(C(=O)Nc2ccc(CC(=O)NC)cc2)cc1. The number of rotatable bonds is 7. The Morgan fingerprint density at radius 2 is 1.68 bits per heavy atom. The van der Waals surface area contributed by atoms with Crippen molar-refractivity contribution in [1.82, 2.24) is 5.32 Å². The molecule has 2 aromatic carbocycles. The fourth-order valence-electron chi connectivity index (χ4n) is 2.09. The zero-order chi connectivity index (χ0) is 18.2. The molecule has 2 aromatic rings. The Morgan fingerprint density at radius 1 is 1.04 bits per heavy atom. The van der Waals surface area contributed by atoms with Crippen LogP contribution in [-0.2, 0) is 11.2 Å². The molecule has 0 spiro atoms. The molecule has 0 aliphatic rings. The Labute approximate surface area is 147 Å². The number of hydrogen-bond donors (Lipinski definition) is 2. The monoisotopic (exact) mass is 338 g/mol. The minimum absolute atomic E-state index is 0.0502. The van der Waals surface area contributed by atoms with Crippen molar-refractivity contribution >= 4 is 17.5 Å². The number of anilines is 1. The van der Waals surface area contributed by atoms with Crippen LogP contribution in [0.5, 0.6) is 5.75 Å². The van der Waals surface area contributed by atoms with Crippen LogP contribution in [0.2, 0.25) is 0 Å². The van der Waals surface area contributed by atoms with Crippen LogP contribution in [0.1, 0.15) is 22.8 Å². The van der Waals surface area contributed by atoms with Crippen LogP contribution in [0.4, 0.5) is 5.69 Å². The van der Waals surface area contributed by atoms with Crippen LogP contribution < -0.4 is 15.4 Å². The highest BCUT2D eigenvalue weighted by molar-refractivity contribution is 6.04. The van der Waals surface area contributed by atoms with Crippen molar-refractivity contribution < 1.29 is 14.3 Å². The maximum atomic E-state index is 12.3. The summed E-state index contributed by atoms with van der Waals surface area (Å²) in [6.07, 6.45) is 0.316. The van der Waals surface area contributed by atoms with Gasteiger partial charge in [-0.15, -0.1) is 0 Å². The minimum Gasteiger partial charge on any atom is -0.489 e. The molecule has 0 atom stereocenters. The third kappa shape index (κ3) is 5.80. The van der Waals surface area contributed by atoms with Gasteiger partial charge in [-0.2, -0.15) is 0 Å². The number of carbonyl (C=O) groups is 2. The molecule has 0 bridgehead atoms. The molecule has 0 fully saturated rings. The highest BCUT2D eigenvalue weighted by Crippen LogP contribution is 2.15. The molecule has 2 N–H and O–H groups in total. The first-order valence-corrected chi connectivity index (χ1v) is 7.96. The van der Waals surface area contributed by atoms with Gasteiger partial charge in [0.05, 0.1) is 6.42 Å². The van der Waals surface area contributed by atoms with Gasteiger partial charge in [0, 0.05) is 18.3 Å². The molecule has 0 aliphatic carbocycles. The maximum absolute atomic E-state index is 12.3. The van der Waals surface area contributed by atoms with Crippen molar-refractivity contribution in [3.05, 3.63) is 71.8 Å². The van der Waals surface area contributed by atoms with E-state index in [1.165, 1.54) is 0 Å². The summed E-state index contributed by atoms with van der Waals surface area (Å²) in [6.45, 7) is 6.12. The molecule has 5 heteroatoms. The average molecular weight is 338 g/mol. The van der Waals surface area contributed by atoms with Crippen molar-refractivity contribution in [2.45, 2.75) is 13.3 Å². The quantitative estimate of drug-likeness (QED) is 0.762. The summed E-state index contributed by atoms with van der Waals surface area (Å²) < 4.78 is 5.51. The summed E-state index contributed by atoms with van der Waals surface area (Å²) in [5.74, 6) is 0.439. The molecular weight excluding hydrogens is 316 g/mol. The van der Waals surface area contributed by atoms with Gasteiger partial charge in [-0.05, 0) is 54.5 Å². The lowest BCUT2D eigenvalue weighted by Crippen LogP contribution is -2.19. The highest BCUT2D eigenvalue weighted by Gasteiger charge is 2.07. The molecule has 5 nitrogen and oxygen atoms in total. The Kier molecular flexibility index (Phi) is 6.34. The van der Waals surface area contributed by atoms with Gasteiger partial charge in [0.1, 0.15) is 12.4 Å². The molecule has 0 heterocycles. The first-order valence-electron chi connectivity index (χ1n) is 7.96. The third-order valence-corrected chi connectivity index (χ3v) is 3.46. The summed E-state index contributed by atoms with van der Waals surface area (Å²) in [5, 5.41) is 5.41. The van der Waals surface area contributed by atoms with Crippen molar-refractivity contribution in [2.24, 2.45) is 0 Å². The van der Waals surface area contributed by atoms with Gasteiger partial charge in [0.25, 0.3) is 5.91 Å². The minimum atomic E-state index is -0.203. The normalized spacial score (nSPS) is 10.0. The van der Waals surface area contributed by atoms with E-state index < -0.39 is 0 Å². The van der Waals surface area contributed by atoms with E-state index in [1.54, 1.807) is 43.4 Å². The molecule has 0 saturated heterocycles. The van der Waals surface area contributed by atoms with Crippen molar-refractivity contribution in [3.8, 4) is 5.75 Å². The second kappa shape index (κ2) is 8.68. The van der Waals surface area contributed by atoms with E-state index in [2.05, 4.69) is 17.2 Å². The number of carbonyl (C=O) groups excluding carboxylic acids is 2. The predicted octanol–water partition coefficient (Wildman–Crippen LogP) is 3.18. The van der Waals surface area contributed by atoms with Gasteiger partial charge in [0.15, 0.2) is 0 Å². The van der Waals surface area contributed by atoms with Crippen LogP contribution in [0.15, 0.2) is 60.7 Å². The van der Waals surface area contributed by atoms with E-state index in [4.69, 9.17) is 4.74 Å². The molecule has 0 aliphatic heterocycles. The Hall–Kier alpha value is -3.08. The first kappa shape index (κ1) is 18.3. The fourth-order valence-corrected chi connectivity index (χ4v) is 2.09. The number of amides is 2. The fraction of sp³-hybridized carbons (Fsp3) is 0.200.